The molecule has 24 heavy (non-hydrogen) atoms. The number of nitrogens with zero attached hydrogens (tertiary/aromatic N) is 2. The average Bonchev–Trinajstić information content (AvgIpc) is 2.54. The van der Waals surface area contributed by atoms with Crippen LogP contribution in [0, 0.1) is 10.1 Å². The van der Waals surface area contributed by atoms with Crippen LogP contribution < -0.4 is 5.32 Å². The van der Waals surface area contributed by atoms with Crippen molar-refractivity contribution in [1.82, 2.24) is 10.2 Å². The molecule has 1 heterocycles. The lowest BCUT2D eigenvalue weighted by atomic mass is 9.95. The smallest absolute Gasteiger partial charge is 0.274 e. The Kier molecular flexibility index (Phi) is 5.24. The van der Waals surface area contributed by atoms with Gasteiger partial charge < -0.3 is 10.2 Å². The van der Waals surface area contributed by atoms with Gasteiger partial charge in [-0.25, -0.2) is 8.42 Å². The summed E-state index contributed by atoms with van der Waals surface area (Å²) < 4.78 is 23.1. The Morgan fingerprint density at radius 3 is 2.46 bits per heavy atom. The van der Waals surface area contributed by atoms with E-state index in [1.165, 1.54) is 18.0 Å². The third-order valence-corrected chi connectivity index (χ3v) is 6.46. The molecule has 1 fully saturated rings. The van der Waals surface area contributed by atoms with E-state index in [0.29, 0.717) is 18.7 Å². The molecule has 1 amide bonds. The molecular weight excluding hydrogens is 334 g/mol. The zero-order chi connectivity index (χ0) is 18.0. The topological polar surface area (TPSA) is 110 Å². The largest absolute Gasteiger partial charge is 0.340 e. The molecule has 2 rings (SSSR count). The molecule has 1 aromatic carbocycles. The van der Waals surface area contributed by atoms with Gasteiger partial charge in [-0.3, -0.25) is 14.9 Å². The minimum absolute atomic E-state index is 0.0132. The third kappa shape index (κ3) is 3.41. The summed E-state index contributed by atoms with van der Waals surface area (Å²) >= 11 is 0. The first-order valence-corrected chi connectivity index (χ1v) is 9.46. The number of carbonyl (C=O) groups is 1. The number of nitro benzene ring substituents is 1. The molecule has 0 radical (unpaired) electrons. The Bertz CT molecular complexity index is 741. The van der Waals surface area contributed by atoms with E-state index in [0.717, 1.165) is 6.26 Å². The molecule has 0 spiro atoms. The van der Waals surface area contributed by atoms with E-state index in [4.69, 9.17) is 0 Å². The van der Waals surface area contributed by atoms with E-state index >= 15 is 0 Å². The van der Waals surface area contributed by atoms with Gasteiger partial charge in [0.15, 0.2) is 14.6 Å². The molecule has 0 bridgehead atoms. The van der Waals surface area contributed by atoms with Gasteiger partial charge in [0, 0.05) is 24.9 Å². The van der Waals surface area contributed by atoms with Crippen molar-refractivity contribution in [2.75, 3.05) is 26.4 Å². The molecule has 1 saturated heterocycles. The number of nitrogens with one attached hydrogen (secondary N) is 1. The number of piperidine rings is 1. The standard InChI is InChI=1S/C15H21N3O5S/c1-17(11-12-5-3-4-6-13(12)18(20)21)14(19)15(24(2,22)23)7-9-16-10-8-15/h3-6,16H,7-11H2,1-2H3. The van der Waals surface area contributed by atoms with Gasteiger partial charge in [-0.2, -0.15) is 0 Å². The summed E-state index contributed by atoms with van der Waals surface area (Å²) in [6.07, 6.45) is 1.48. The summed E-state index contributed by atoms with van der Waals surface area (Å²) in [5, 5.41) is 14.1. The lowest BCUT2D eigenvalue weighted by Gasteiger charge is -2.37. The van der Waals surface area contributed by atoms with Gasteiger partial charge in [0.1, 0.15) is 0 Å². The Balaban J connectivity index is 2.30. The number of benzene rings is 1. The van der Waals surface area contributed by atoms with Crippen LogP contribution in [0.1, 0.15) is 18.4 Å². The van der Waals surface area contributed by atoms with Gasteiger partial charge in [0.25, 0.3) is 5.69 Å². The van der Waals surface area contributed by atoms with Crippen molar-refractivity contribution in [1.29, 1.82) is 0 Å². The van der Waals surface area contributed by atoms with E-state index in [-0.39, 0.29) is 25.1 Å². The van der Waals surface area contributed by atoms with Crippen LogP contribution in [-0.4, -0.2) is 55.3 Å². The molecule has 0 unspecified atom stereocenters. The average molecular weight is 355 g/mol. The molecule has 1 aliphatic rings. The minimum atomic E-state index is -3.62. The molecule has 0 saturated carbocycles. The molecular formula is C15H21N3O5S. The molecule has 0 aromatic heterocycles. The van der Waals surface area contributed by atoms with Crippen LogP contribution in [0.15, 0.2) is 24.3 Å². The van der Waals surface area contributed by atoms with Crippen molar-refractivity contribution in [3.63, 3.8) is 0 Å². The second kappa shape index (κ2) is 6.86. The van der Waals surface area contributed by atoms with Crippen molar-refractivity contribution < 1.29 is 18.1 Å². The molecule has 1 aliphatic heterocycles. The van der Waals surface area contributed by atoms with Gasteiger partial charge in [0.2, 0.25) is 5.91 Å². The number of hydrogen-bond acceptors (Lipinski definition) is 6. The Hall–Kier alpha value is -2.00. The lowest BCUT2D eigenvalue weighted by molar-refractivity contribution is -0.385. The summed E-state index contributed by atoms with van der Waals surface area (Å²) in [4.78, 5) is 24.8. The van der Waals surface area contributed by atoms with Crippen molar-refractivity contribution in [2.24, 2.45) is 0 Å². The van der Waals surface area contributed by atoms with E-state index in [1.807, 2.05) is 0 Å². The van der Waals surface area contributed by atoms with Crippen LogP contribution in [0.3, 0.4) is 0 Å². The van der Waals surface area contributed by atoms with Crippen molar-refractivity contribution in [3.05, 3.63) is 39.9 Å². The minimum Gasteiger partial charge on any atom is -0.340 e. The number of amides is 1. The van der Waals surface area contributed by atoms with Crippen molar-refractivity contribution >= 4 is 21.4 Å². The second-order valence-electron chi connectivity index (χ2n) is 6.06. The summed E-state index contributed by atoms with van der Waals surface area (Å²) in [7, 11) is -2.14. The Morgan fingerprint density at radius 2 is 1.92 bits per heavy atom. The predicted molar refractivity (Wildman–Crippen MR) is 89.2 cm³/mol. The highest BCUT2D eigenvalue weighted by atomic mass is 32.2. The van der Waals surface area contributed by atoms with Crippen LogP contribution in [0.4, 0.5) is 5.69 Å². The quantitative estimate of drug-likeness (QED) is 0.616. The maximum absolute atomic E-state index is 12.9. The van der Waals surface area contributed by atoms with E-state index in [2.05, 4.69) is 5.32 Å². The highest BCUT2D eigenvalue weighted by Crippen LogP contribution is 2.31. The summed E-state index contributed by atoms with van der Waals surface area (Å²) in [6, 6.07) is 6.13. The first-order valence-electron chi connectivity index (χ1n) is 7.57. The van der Waals surface area contributed by atoms with Gasteiger partial charge >= 0.3 is 0 Å². The molecule has 132 valence electrons. The highest BCUT2D eigenvalue weighted by Gasteiger charge is 2.50. The van der Waals surface area contributed by atoms with Gasteiger partial charge in [-0.15, -0.1) is 0 Å². The summed E-state index contributed by atoms with van der Waals surface area (Å²) in [5.74, 6) is -0.510. The van der Waals surface area contributed by atoms with Crippen LogP contribution in [-0.2, 0) is 21.2 Å². The van der Waals surface area contributed by atoms with Crippen molar-refractivity contribution in [2.45, 2.75) is 24.1 Å². The molecule has 8 nitrogen and oxygen atoms in total. The van der Waals surface area contributed by atoms with E-state index in [9.17, 15) is 23.3 Å². The molecule has 1 N–H and O–H groups in total. The monoisotopic (exact) mass is 355 g/mol. The third-order valence-electron chi connectivity index (χ3n) is 4.45. The maximum atomic E-state index is 12.9. The molecule has 9 heteroatoms. The normalized spacial score (nSPS) is 17.2. The van der Waals surface area contributed by atoms with Crippen LogP contribution in [0.2, 0.25) is 0 Å². The van der Waals surface area contributed by atoms with Crippen LogP contribution in [0.5, 0.6) is 0 Å². The molecule has 0 aliphatic carbocycles. The number of nitro groups is 1. The number of rotatable bonds is 5. The van der Waals surface area contributed by atoms with Gasteiger partial charge in [0.05, 0.1) is 11.5 Å². The van der Waals surface area contributed by atoms with Gasteiger partial charge in [-0.1, -0.05) is 18.2 Å². The summed E-state index contributed by atoms with van der Waals surface area (Å²) in [6.45, 7) is 0.872. The number of para-hydroxylation sites is 1. The highest BCUT2D eigenvalue weighted by molar-refractivity contribution is 7.92. The van der Waals surface area contributed by atoms with E-state index in [1.54, 1.807) is 18.2 Å². The van der Waals surface area contributed by atoms with Crippen LogP contribution in [0.25, 0.3) is 0 Å². The first-order chi connectivity index (χ1) is 11.2. The van der Waals surface area contributed by atoms with Gasteiger partial charge in [-0.05, 0) is 25.9 Å². The fraction of sp³-hybridized carbons (Fsp3) is 0.533. The fourth-order valence-electron chi connectivity index (χ4n) is 3.07. The Labute approximate surface area is 140 Å². The maximum Gasteiger partial charge on any atom is 0.274 e. The number of hydrogen-bond donors (Lipinski definition) is 1. The predicted octanol–water partition coefficient (Wildman–Crippen LogP) is 0.720. The Morgan fingerprint density at radius 1 is 1.33 bits per heavy atom. The lowest BCUT2D eigenvalue weighted by Crippen LogP contribution is -2.57. The second-order valence-corrected chi connectivity index (χ2v) is 8.39. The molecule has 1 aromatic rings. The summed E-state index contributed by atoms with van der Waals surface area (Å²) in [5.41, 5.74) is 0.284. The van der Waals surface area contributed by atoms with Crippen molar-refractivity contribution in [3.8, 4) is 0 Å². The zero-order valence-electron chi connectivity index (χ0n) is 13.7. The number of carbonyl (C=O) groups excluding carboxylic acids is 1. The first kappa shape index (κ1) is 18.3. The SMILES string of the molecule is CN(Cc1ccccc1[N+](=O)[O-])C(=O)C1(S(C)(=O)=O)CCNCC1. The van der Waals surface area contributed by atoms with Crippen LogP contribution >= 0.6 is 0 Å². The molecule has 0 atom stereocenters. The fourth-order valence-corrected chi connectivity index (χ4v) is 4.49. The zero-order valence-corrected chi connectivity index (χ0v) is 14.5. The number of sulfone groups is 1. The van der Waals surface area contributed by atoms with E-state index < -0.39 is 25.4 Å².